The fourth-order valence-electron chi connectivity index (χ4n) is 3.33. The second-order valence-electron chi connectivity index (χ2n) is 6.54. The lowest BCUT2D eigenvalue weighted by molar-refractivity contribution is -0.114. The number of hydrogen-bond acceptors (Lipinski definition) is 5. The average Bonchev–Trinajstić information content (AvgIpc) is 3.20. The molecule has 142 valence electrons. The minimum atomic E-state index is -0.401. The molecule has 1 aromatic carbocycles. The summed E-state index contributed by atoms with van der Waals surface area (Å²) < 4.78 is 2.94. The highest BCUT2D eigenvalue weighted by Gasteiger charge is 2.35. The van der Waals surface area contributed by atoms with Gasteiger partial charge in [0.1, 0.15) is 0 Å². The molecular weight excluding hydrogens is 390 g/mol. The van der Waals surface area contributed by atoms with E-state index in [1.807, 2.05) is 38.3 Å². The van der Waals surface area contributed by atoms with Crippen LogP contribution in [0.3, 0.4) is 0 Å². The van der Waals surface area contributed by atoms with Crippen molar-refractivity contribution in [2.75, 3.05) is 6.26 Å². The van der Waals surface area contributed by atoms with Gasteiger partial charge in [0.2, 0.25) is 5.17 Å². The van der Waals surface area contributed by atoms with Crippen LogP contribution in [0.25, 0.3) is 11.8 Å². The second kappa shape index (κ2) is 7.10. The van der Waals surface area contributed by atoms with Gasteiger partial charge in [0.25, 0.3) is 5.91 Å². The van der Waals surface area contributed by atoms with Crippen LogP contribution < -0.4 is 0 Å². The summed E-state index contributed by atoms with van der Waals surface area (Å²) in [6, 6.07) is 10.2. The van der Waals surface area contributed by atoms with Crippen molar-refractivity contribution >= 4 is 50.9 Å². The molecule has 28 heavy (non-hydrogen) atoms. The first-order valence-electron chi connectivity index (χ1n) is 8.70. The van der Waals surface area contributed by atoms with E-state index < -0.39 is 5.91 Å². The summed E-state index contributed by atoms with van der Waals surface area (Å²) in [6.45, 7) is 6.14. The van der Waals surface area contributed by atoms with Gasteiger partial charge in [-0.05, 0) is 68.1 Å². The fourth-order valence-corrected chi connectivity index (χ4v) is 4.68. The number of hydrogen-bond donors (Lipinski definition) is 1. The maximum Gasteiger partial charge on any atom is 0.283 e. The molecule has 0 fully saturated rings. The Morgan fingerprint density at radius 1 is 1.21 bits per heavy atom. The van der Waals surface area contributed by atoms with Crippen LogP contribution in [0.5, 0.6) is 0 Å². The second-order valence-corrected chi connectivity index (χ2v) is 8.55. The van der Waals surface area contributed by atoms with Crippen molar-refractivity contribution in [2.24, 2.45) is 10.1 Å². The number of carbonyl (C=O) groups excluding carboxylic acids is 1. The molecule has 0 radical (unpaired) electrons. The molecule has 4 rings (SSSR count). The lowest BCUT2D eigenvalue weighted by Gasteiger charge is -2.20. The van der Waals surface area contributed by atoms with Crippen molar-refractivity contribution in [1.29, 1.82) is 5.41 Å². The Morgan fingerprint density at radius 3 is 2.68 bits per heavy atom. The number of amidine groups is 2. The number of benzene rings is 1. The minimum Gasteiger partial charge on any atom is -0.318 e. The summed E-state index contributed by atoms with van der Waals surface area (Å²) >= 11 is 2.79. The van der Waals surface area contributed by atoms with Crippen LogP contribution in [0, 0.1) is 26.2 Å². The molecule has 6 nitrogen and oxygen atoms in total. The van der Waals surface area contributed by atoms with Crippen molar-refractivity contribution in [3.05, 3.63) is 58.4 Å². The number of aryl methyl sites for hydroxylation is 2. The number of aliphatic imine (C=N–C) groups is 1. The van der Waals surface area contributed by atoms with E-state index in [4.69, 9.17) is 5.41 Å². The zero-order chi connectivity index (χ0) is 20.0. The number of rotatable bonds is 2. The predicted octanol–water partition coefficient (Wildman–Crippen LogP) is 4.34. The van der Waals surface area contributed by atoms with Crippen LogP contribution in [0.2, 0.25) is 0 Å². The van der Waals surface area contributed by atoms with Crippen molar-refractivity contribution < 1.29 is 4.79 Å². The van der Waals surface area contributed by atoms with Gasteiger partial charge in [-0.2, -0.15) is 10.0 Å². The average molecular weight is 410 g/mol. The van der Waals surface area contributed by atoms with Gasteiger partial charge >= 0.3 is 0 Å². The van der Waals surface area contributed by atoms with Crippen LogP contribution in [-0.4, -0.2) is 37.1 Å². The van der Waals surface area contributed by atoms with Gasteiger partial charge in [-0.25, -0.2) is 0 Å². The third-order valence-corrected chi connectivity index (χ3v) is 6.62. The van der Waals surface area contributed by atoms with Crippen molar-refractivity contribution in [1.82, 2.24) is 9.58 Å². The Balaban J connectivity index is 1.78. The Kier molecular flexibility index (Phi) is 4.76. The molecule has 8 heteroatoms. The lowest BCUT2D eigenvalue weighted by atomic mass is 10.1. The largest absolute Gasteiger partial charge is 0.318 e. The van der Waals surface area contributed by atoms with E-state index in [1.54, 1.807) is 6.08 Å². The zero-order valence-corrected chi connectivity index (χ0v) is 17.6. The maximum atomic E-state index is 12.6. The Morgan fingerprint density at radius 2 is 1.96 bits per heavy atom. The number of aromatic nitrogens is 1. The number of hydrazone groups is 1. The number of para-hydroxylation sites is 1. The Hall–Kier alpha value is -2.58. The van der Waals surface area contributed by atoms with Crippen LogP contribution in [0.1, 0.15) is 22.5 Å². The Bertz CT molecular complexity index is 1110. The van der Waals surface area contributed by atoms with E-state index in [-0.39, 0.29) is 11.4 Å². The number of nitrogens with one attached hydrogen (secondary N) is 1. The molecule has 1 aromatic heterocycles. The SMILES string of the molecule is CSC1=NN2C(=N)/C(=C/c3cc(C)n(-c4ccccc4C)c3C)C(=O)N=C2S1. The normalized spacial score (nSPS) is 17.9. The van der Waals surface area contributed by atoms with Gasteiger partial charge in [0.15, 0.2) is 10.2 Å². The highest BCUT2D eigenvalue weighted by Crippen LogP contribution is 2.32. The minimum absolute atomic E-state index is 0.0623. The van der Waals surface area contributed by atoms with Crippen LogP contribution in [0.15, 0.2) is 46.0 Å². The van der Waals surface area contributed by atoms with E-state index in [0.29, 0.717) is 5.17 Å². The summed E-state index contributed by atoms with van der Waals surface area (Å²) in [4.78, 5) is 16.7. The number of amides is 1. The van der Waals surface area contributed by atoms with E-state index >= 15 is 0 Å². The van der Waals surface area contributed by atoms with E-state index in [1.165, 1.54) is 34.1 Å². The molecule has 0 saturated carbocycles. The van der Waals surface area contributed by atoms with Crippen LogP contribution in [0.4, 0.5) is 0 Å². The van der Waals surface area contributed by atoms with Crippen LogP contribution >= 0.6 is 23.5 Å². The zero-order valence-electron chi connectivity index (χ0n) is 16.0. The standard InChI is InChI=1S/C20H19N5OS2/c1-11-7-5-6-8-16(11)24-12(2)9-14(13(24)3)10-15-17(21)25-19(22-18(15)26)28-20(23-25)27-4/h5-10,21H,1-4H3/b15-10-,21-17?. The number of fused-ring (bicyclic) bond motifs is 1. The van der Waals surface area contributed by atoms with Crippen molar-refractivity contribution in [2.45, 2.75) is 20.8 Å². The summed E-state index contributed by atoms with van der Waals surface area (Å²) in [7, 11) is 0. The molecule has 2 aliphatic heterocycles. The predicted molar refractivity (Wildman–Crippen MR) is 119 cm³/mol. The van der Waals surface area contributed by atoms with Gasteiger partial charge in [0, 0.05) is 17.1 Å². The number of nitrogens with zero attached hydrogens (tertiary/aromatic N) is 4. The monoisotopic (exact) mass is 409 g/mol. The molecule has 0 atom stereocenters. The molecule has 0 saturated heterocycles. The third kappa shape index (κ3) is 3.02. The quantitative estimate of drug-likeness (QED) is 0.749. The molecule has 2 aromatic rings. The molecule has 1 amide bonds. The van der Waals surface area contributed by atoms with Gasteiger partial charge < -0.3 is 4.57 Å². The van der Waals surface area contributed by atoms with Gasteiger partial charge in [-0.15, -0.1) is 16.9 Å². The molecule has 0 unspecified atom stereocenters. The summed E-state index contributed by atoms with van der Waals surface area (Å²) in [6.07, 6.45) is 3.66. The first-order chi connectivity index (χ1) is 13.4. The first-order valence-corrected chi connectivity index (χ1v) is 10.7. The molecule has 3 heterocycles. The van der Waals surface area contributed by atoms with E-state index in [0.717, 1.165) is 27.0 Å². The van der Waals surface area contributed by atoms with E-state index in [2.05, 4.69) is 33.7 Å². The smallest absolute Gasteiger partial charge is 0.283 e. The highest BCUT2D eigenvalue weighted by atomic mass is 32.2. The summed E-state index contributed by atoms with van der Waals surface area (Å²) in [5, 5.41) is 14.7. The third-order valence-electron chi connectivity index (χ3n) is 4.74. The maximum absolute atomic E-state index is 12.6. The Labute approximate surface area is 171 Å². The summed E-state index contributed by atoms with van der Waals surface area (Å²) in [5.41, 5.74) is 5.51. The summed E-state index contributed by atoms with van der Waals surface area (Å²) in [5.74, 6) is -0.339. The molecule has 0 spiro atoms. The molecule has 1 N–H and O–H groups in total. The van der Waals surface area contributed by atoms with Crippen molar-refractivity contribution in [3.63, 3.8) is 0 Å². The van der Waals surface area contributed by atoms with Crippen LogP contribution in [-0.2, 0) is 4.79 Å². The van der Waals surface area contributed by atoms with E-state index in [9.17, 15) is 4.79 Å². The molecule has 0 aliphatic carbocycles. The number of thioether (sulfide) groups is 2. The van der Waals surface area contributed by atoms with Gasteiger partial charge in [-0.1, -0.05) is 18.2 Å². The first kappa shape index (κ1) is 18.8. The number of carbonyl (C=O) groups is 1. The fraction of sp³-hybridized carbons (Fsp3) is 0.200. The van der Waals surface area contributed by atoms with Gasteiger partial charge in [0.05, 0.1) is 5.57 Å². The highest BCUT2D eigenvalue weighted by molar-refractivity contribution is 8.45. The topological polar surface area (TPSA) is 73.8 Å². The van der Waals surface area contributed by atoms with Crippen molar-refractivity contribution in [3.8, 4) is 5.69 Å². The molecular formula is C20H19N5OS2. The van der Waals surface area contributed by atoms with Gasteiger partial charge in [-0.3, -0.25) is 10.2 Å². The lowest BCUT2D eigenvalue weighted by Crippen LogP contribution is -2.35. The molecule has 2 aliphatic rings. The molecule has 0 bridgehead atoms.